The molecule has 0 amide bonds. The van der Waals surface area contributed by atoms with Gasteiger partial charge in [-0.25, -0.2) is 0 Å². The summed E-state index contributed by atoms with van der Waals surface area (Å²) in [7, 11) is 0. The maximum Gasteiger partial charge on any atom is 0.200 e. The van der Waals surface area contributed by atoms with Crippen LogP contribution < -0.4 is 4.74 Å². The number of ketones is 1. The molecule has 1 aliphatic carbocycles. The SMILES string of the molecule is CCCCOc1ccccc1C(=O)C1=C(O)CC(OCCCC)(OCCCC)C=C1. The molecule has 2 rings (SSSR count). The van der Waals surface area contributed by atoms with Crippen molar-refractivity contribution in [3.63, 3.8) is 0 Å². The van der Waals surface area contributed by atoms with Gasteiger partial charge in [-0.05, 0) is 43.5 Å². The monoisotopic (exact) mass is 416 g/mol. The highest BCUT2D eigenvalue weighted by molar-refractivity contribution is 6.12. The van der Waals surface area contributed by atoms with E-state index in [0.717, 1.165) is 38.5 Å². The zero-order valence-electron chi connectivity index (χ0n) is 18.6. The number of rotatable bonds is 14. The van der Waals surface area contributed by atoms with Crippen molar-refractivity contribution in [2.45, 2.75) is 71.5 Å². The molecule has 0 saturated carbocycles. The first-order chi connectivity index (χ1) is 14.6. The zero-order chi connectivity index (χ0) is 21.8. The number of hydrogen-bond donors (Lipinski definition) is 1. The molecule has 0 spiro atoms. The molecule has 1 aromatic carbocycles. The number of allylic oxidation sites excluding steroid dienone is 2. The fraction of sp³-hybridized carbons (Fsp3) is 0.560. The Morgan fingerprint density at radius 3 is 2.17 bits per heavy atom. The first-order valence-electron chi connectivity index (χ1n) is 11.2. The molecular weight excluding hydrogens is 380 g/mol. The number of ether oxygens (including phenoxy) is 3. The van der Waals surface area contributed by atoms with Crippen molar-refractivity contribution in [2.75, 3.05) is 19.8 Å². The summed E-state index contributed by atoms with van der Waals surface area (Å²) >= 11 is 0. The van der Waals surface area contributed by atoms with Gasteiger partial charge in [0, 0.05) is 0 Å². The molecule has 0 radical (unpaired) electrons. The summed E-state index contributed by atoms with van der Waals surface area (Å²) in [5, 5.41) is 10.8. The highest BCUT2D eigenvalue weighted by Gasteiger charge is 2.36. The number of para-hydroxylation sites is 1. The summed E-state index contributed by atoms with van der Waals surface area (Å²) in [6.45, 7) is 7.92. The van der Waals surface area contributed by atoms with Crippen LogP contribution in [0.3, 0.4) is 0 Å². The van der Waals surface area contributed by atoms with E-state index in [4.69, 9.17) is 14.2 Å². The topological polar surface area (TPSA) is 65.0 Å². The second-order valence-electron chi connectivity index (χ2n) is 7.61. The van der Waals surface area contributed by atoms with Crippen LogP contribution >= 0.6 is 0 Å². The fourth-order valence-electron chi connectivity index (χ4n) is 3.17. The summed E-state index contributed by atoms with van der Waals surface area (Å²) in [6.07, 6.45) is 9.29. The van der Waals surface area contributed by atoms with Gasteiger partial charge in [0.2, 0.25) is 0 Å². The van der Waals surface area contributed by atoms with Crippen LogP contribution in [0.25, 0.3) is 0 Å². The molecule has 1 aromatic rings. The highest BCUT2D eigenvalue weighted by atomic mass is 16.7. The van der Waals surface area contributed by atoms with Crippen LogP contribution in [-0.2, 0) is 9.47 Å². The molecule has 0 unspecified atom stereocenters. The first kappa shape index (κ1) is 24.2. The standard InChI is InChI=1S/C25H36O5/c1-4-7-16-28-23-13-11-10-12-21(23)24(27)20-14-15-25(19-22(20)26,29-17-8-5-2)30-18-9-6-3/h10-15,26H,4-9,16-19H2,1-3H3. The summed E-state index contributed by atoms with van der Waals surface area (Å²) in [5.41, 5.74) is 0.710. The van der Waals surface area contributed by atoms with Crippen LogP contribution in [0.15, 0.2) is 47.7 Å². The van der Waals surface area contributed by atoms with Gasteiger partial charge in [-0.3, -0.25) is 4.79 Å². The Labute approximate surface area is 180 Å². The van der Waals surface area contributed by atoms with E-state index in [9.17, 15) is 9.90 Å². The third-order valence-corrected chi connectivity index (χ3v) is 5.05. The van der Waals surface area contributed by atoms with Gasteiger partial charge in [-0.1, -0.05) is 52.2 Å². The van der Waals surface area contributed by atoms with Crippen LogP contribution in [0.4, 0.5) is 0 Å². The minimum atomic E-state index is -1.02. The molecular formula is C25H36O5. The minimum Gasteiger partial charge on any atom is -0.511 e. The zero-order valence-corrected chi connectivity index (χ0v) is 18.6. The molecule has 0 aromatic heterocycles. The maximum absolute atomic E-state index is 13.2. The summed E-state index contributed by atoms with van der Waals surface area (Å²) in [5.74, 6) is -0.750. The van der Waals surface area contributed by atoms with Gasteiger partial charge in [0.1, 0.15) is 11.5 Å². The van der Waals surface area contributed by atoms with Crippen molar-refractivity contribution in [3.8, 4) is 5.75 Å². The normalized spacial score (nSPS) is 15.4. The number of carbonyl (C=O) groups is 1. The largest absolute Gasteiger partial charge is 0.511 e. The number of hydrogen-bond acceptors (Lipinski definition) is 5. The minimum absolute atomic E-state index is 0.0149. The van der Waals surface area contributed by atoms with Crippen LogP contribution in [-0.4, -0.2) is 36.5 Å². The Bertz CT molecular complexity index is 725. The van der Waals surface area contributed by atoms with Gasteiger partial charge in [0.15, 0.2) is 11.6 Å². The van der Waals surface area contributed by atoms with Gasteiger partial charge >= 0.3 is 0 Å². The molecule has 1 aliphatic rings. The van der Waals surface area contributed by atoms with E-state index >= 15 is 0 Å². The van der Waals surface area contributed by atoms with Gasteiger partial charge in [0.25, 0.3) is 0 Å². The number of Topliss-reactive ketones (excluding diaryl/α,β-unsaturated/α-hetero) is 1. The number of aliphatic hydroxyl groups is 1. The molecule has 1 N–H and O–H groups in total. The highest BCUT2D eigenvalue weighted by Crippen LogP contribution is 2.33. The Morgan fingerprint density at radius 2 is 1.57 bits per heavy atom. The predicted octanol–water partition coefficient (Wildman–Crippen LogP) is 6.15. The first-order valence-corrected chi connectivity index (χ1v) is 11.2. The van der Waals surface area contributed by atoms with Crippen molar-refractivity contribution >= 4 is 5.78 Å². The molecule has 30 heavy (non-hydrogen) atoms. The molecule has 5 nitrogen and oxygen atoms in total. The van der Waals surface area contributed by atoms with E-state index in [1.54, 1.807) is 30.4 Å². The van der Waals surface area contributed by atoms with Crippen molar-refractivity contribution in [1.29, 1.82) is 0 Å². The van der Waals surface area contributed by atoms with Crippen molar-refractivity contribution < 1.29 is 24.1 Å². The van der Waals surface area contributed by atoms with Crippen LogP contribution in [0, 0.1) is 0 Å². The second kappa shape index (κ2) is 12.6. The van der Waals surface area contributed by atoms with Gasteiger partial charge < -0.3 is 19.3 Å². The lowest BCUT2D eigenvalue weighted by Gasteiger charge is -2.33. The molecule has 0 bridgehead atoms. The Balaban J connectivity index is 2.19. The van der Waals surface area contributed by atoms with E-state index in [0.29, 0.717) is 31.1 Å². The van der Waals surface area contributed by atoms with Crippen LogP contribution in [0.1, 0.15) is 76.1 Å². The Morgan fingerprint density at radius 1 is 0.967 bits per heavy atom. The Kier molecular flexibility index (Phi) is 10.1. The molecule has 166 valence electrons. The quantitative estimate of drug-likeness (QED) is 0.224. The molecule has 0 atom stereocenters. The number of benzene rings is 1. The Hall–Kier alpha value is -2.11. The van der Waals surface area contributed by atoms with Crippen molar-refractivity contribution in [3.05, 3.63) is 53.3 Å². The molecule has 0 saturated heterocycles. The summed E-state index contributed by atoms with van der Waals surface area (Å²) in [6, 6.07) is 7.17. The van der Waals surface area contributed by atoms with Crippen LogP contribution in [0.2, 0.25) is 0 Å². The average molecular weight is 417 g/mol. The lowest BCUT2D eigenvalue weighted by atomic mass is 9.93. The van der Waals surface area contributed by atoms with Gasteiger partial charge in [0.05, 0.1) is 37.4 Å². The lowest BCUT2D eigenvalue weighted by Crippen LogP contribution is -2.37. The molecule has 0 heterocycles. The number of unbranched alkanes of at least 4 members (excludes halogenated alkanes) is 3. The smallest absolute Gasteiger partial charge is 0.200 e. The summed E-state index contributed by atoms with van der Waals surface area (Å²) < 4.78 is 17.8. The third-order valence-electron chi connectivity index (χ3n) is 5.05. The van der Waals surface area contributed by atoms with E-state index < -0.39 is 5.79 Å². The maximum atomic E-state index is 13.2. The van der Waals surface area contributed by atoms with E-state index in [1.807, 2.05) is 6.07 Å². The van der Waals surface area contributed by atoms with Crippen molar-refractivity contribution in [1.82, 2.24) is 0 Å². The van der Waals surface area contributed by atoms with Crippen LogP contribution in [0.5, 0.6) is 5.75 Å². The van der Waals surface area contributed by atoms with Crippen molar-refractivity contribution in [2.24, 2.45) is 0 Å². The van der Waals surface area contributed by atoms with Gasteiger partial charge in [-0.15, -0.1) is 0 Å². The molecule has 0 aliphatic heterocycles. The summed E-state index contributed by atoms with van der Waals surface area (Å²) in [4.78, 5) is 13.2. The average Bonchev–Trinajstić information content (AvgIpc) is 2.74. The number of aliphatic hydroxyl groups excluding tert-OH is 1. The number of carbonyl (C=O) groups excluding carboxylic acids is 1. The van der Waals surface area contributed by atoms with E-state index in [-0.39, 0.29) is 23.5 Å². The second-order valence-corrected chi connectivity index (χ2v) is 7.61. The van der Waals surface area contributed by atoms with E-state index in [2.05, 4.69) is 20.8 Å². The lowest BCUT2D eigenvalue weighted by molar-refractivity contribution is -0.208. The fourth-order valence-corrected chi connectivity index (χ4v) is 3.17. The molecule has 5 heteroatoms. The predicted molar refractivity (Wildman–Crippen MR) is 119 cm³/mol. The van der Waals surface area contributed by atoms with E-state index in [1.165, 1.54) is 0 Å². The third kappa shape index (κ3) is 6.71. The van der Waals surface area contributed by atoms with Gasteiger partial charge in [-0.2, -0.15) is 0 Å². The molecule has 0 fully saturated rings.